The van der Waals surface area contributed by atoms with Gasteiger partial charge < -0.3 is 9.88 Å². The van der Waals surface area contributed by atoms with E-state index < -0.39 is 0 Å². The first kappa shape index (κ1) is 10.4. The molecule has 0 saturated heterocycles. The van der Waals surface area contributed by atoms with Crippen molar-refractivity contribution in [3.8, 4) is 0 Å². The van der Waals surface area contributed by atoms with Gasteiger partial charge in [-0.3, -0.25) is 9.48 Å². The lowest BCUT2D eigenvalue weighted by molar-refractivity contribution is 0.713. The Hall–Kier alpha value is -2.11. The minimum atomic E-state index is -0.0231. The zero-order valence-corrected chi connectivity index (χ0v) is 9.21. The summed E-state index contributed by atoms with van der Waals surface area (Å²) in [6.45, 7) is 0.589. The fourth-order valence-corrected chi connectivity index (χ4v) is 1.37. The molecule has 0 amide bonds. The molecule has 1 N–H and O–H groups in total. The normalized spacial score (nSPS) is 10.4. The lowest BCUT2D eigenvalue weighted by Crippen LogP contribution is -2.15. The van der Waals surface area contributed by atoms with Gasteiger partial charge in [0.2, 0.25) is 5.56 Å². The molecule has 0 aliphatic heterocycles. The van der Waals surface area contributed by atoms with E-state index in [9.17, 15) is 4.79 Å². The van der Waals surface area contributed by atoms with Crippen LogP contribution in [0.1, 0.15) is 5.69 Å². The molecule has 2 aromatic heterocycles. The monoisotopic (exact) mass is 219 g/mol. The third-order valence-corrected chi connectivity index (χ3v) is 2.21. The van der Waals surface area contributed by atoms with E-state index in [1.165, 1.54) is 10.6 Å². The van der Waals surface area contributed by atoms with Crippen molar-refractivity contribution in [1.29, 1.82) is 0 Å². The van der Waals surface area contributed by atoms with Crippen LogP contribution in [0, 0.1) is 0 Å². The lowest BCUT2D eigenvalue weighted by atomic mass is 10.4. The highest BCUT2D eigenvalue weighted by molar-refractivity contribution is 5.40. The Morgan fingerprint density at radius 1 is 1.31 bits per heavy atom. The summed E-state index contributed by atoms with van der Waals surface area (Å²) in [5.74, 6) is 0. The minimum Gasteiger partial charge on any atom is -0.378 e. The zero-order valence-electron chi connectivity index (χ0n) is 9.21. The Kier molecular flexibility index (Phi) is 2.72. The number of pyridine rings is 1. The van der Waals surface area contributed by atoms with Crippen LogP contribution in [0.4, 0.5) is 5.69 Å². The van der Waals surface area contributed by atoms with Crippen molar-refractivity contribution >= 4 is 5.69 Å². The number of hydrogen-bond donors (Lipinski definition) is 1. The van der Waals surface area contributed by atoms with Gasteiger partial charge in [-0.15, -0.1) is 5.10 Å². The summed E-state index contributed by atoms with van der Waals surface area (Å²) < 4.78 is 3.18. The Morgan fingerprint density at radius 2 is 2.12 bits per heavy atom. The van der Waals surface area contributed by atoms with Gasteiger partial charge in [-0.2, -0.15) is 0 Å². The molecule has 2 heterocycles. The number of anilines is 1. The fourth-order valence-electron chi connectivity index (χ4n) is 1.37. The van der Waals surface area contributed by atoms with Crippen molar-refractivity contribution in [2.24, 2.45) is 14.1 Å². The van der Waals surface area contributed by atoms with E-state index in [2.05, 4.69) is 15.6 Å². The molecule has 6 nitrogen and oxygen atoms in total. The molecule has 0 spiro atoms. The van der Waals surface area contributed by atoms with E-state index in [1.54, 1.807) is 24.0 Å². The first-order chi connectivity index (χ1) is 7.65. The van der Waals surface area contributed by atoms with Crippen LogP contribution in [-0.4, -0.2) is 19.6 Å². The highest BCUT2D eigenvalue weighted by Gasteiger charge is 1.99. The summed E-state index contributed by atoms with van der Waals surface area (Å²) in [7, 11) is 3.54. The number of aromatic nitrogens is 4. The van der Waals surface area contributed by atoms with Gasteiger partial charge in [-0.05, 0) is 6.07 Å². The van der Waals surface area contributed by atoms with Crippen LogP contribution in [0.5, 0.6) is 0 Å². The molecular formula is C10H13N5O. The van der Waals surface area contributed by atoms with Crippen LogP contribution in [0.25, 0.3) is 0 Å². The van der Waals surface area contributed by atoms with Crippen LogP contribution >= 0.6 is 0 Å². The Labute approximate surface area is 92.5 Å². The SMILES string of the molecule is Cn1cc(CNc2ccc(=O)n(C)c2)nn1. The Bertz CT molecular complexity index is 542. The standard InChI is InChI=1S/C10H13N5O/c1-14-6-8(3-4-10(14)16)11-5-9-7-15(2)13-12-9/h3-4,6-7,11H,5H2,1-2H3. The maximum atomic E-state index is 11.2. The van der Waals surface area contributed by atoms with Crippen LogP contribution in [0.15, 0.2) is 29.3 Å². The van der Waals surface area contributed by atoms with Gasteiger partial charge in [0.1, 0.15) is 5.69 Å². The van der Waals surface area contributed by atoms with Crippen LogP contribution < -0.4 is 10.9 Å². The molecule has 0 aromatic carbocycles. The maximum absolute atomic E-state index is 11.2. The topological polar surface area (TPSA) is 64.7 Å². The minimum absolute atomic E-state index is 0.0231. The summed E-state index contributed by atoms with van der Waals surface area (Å²) in [6.07, 6.45) is 3.59. The largest absolute Gasteiger partial charge is 0.378 e. The number of aryl methyl sites for hydroxylation is 2. The van der Waals surface area contributed by atoms with E-state index in [-0.39, 0.29) is 5.56 Å². The van der Waals surface area contributed by atoms with E-state index in [0.717, 1.165) is 11.4 Å². The van der Waals surface area contributed by atoms with Crippen molar-refractivity contribution in [1.82, 2.24) is 19.6 Å². The van der Waals surface area contributed by atoms with Crippen molar-refractivity contribution in [3.05, 3.63) is 40.6 Å². The molecule has 2 rings (SSSR count). The van der Waals surface area contributed by atoms with Gasteiger partial charge in [-0.25, -0.2) is 0 Å². The molecule has 0 bridgehead atoms. The average Bonchev–Trinajstić information content (AvgIpc) is 2.66. The quantitative estimate of drug-likeness (QED) is 0.796. The van der Waals surface area contributed by atoms with Gasteiger partial charge in [-0.1, -0.05) is 5.21 Å². The van der Waals surface area contributed by atoms with E-state index >= 15 is 0 Å². The molecule has 6 heteroatoms. The van der Waals surface area contributed by atoms with Gasteiger partial charge in [0.25, 0.3) is 0 Å². The molecule has 0 saturated carbocycles. The smallest absolute Gasteiger partial charge is 0.250 e. The predicted octanol–water partition coefficient (Wildman–Crippen LogP) is 0.126. The van der Waals surface area contributed by atoms with Crippen molar-refractivity contribution in [2.75, 3.05) is 5.32 Å². The highest BCUT2D eigenvalue weighted by Crippen LogP contribution is 2.04. The summed E-state index contributed by atoms with van der Waals surface area (Å²) >= 11 is 0. The number of rotatable bonds is 3. The fraction of sp³-hybridized carbons (Fsp3) is 0.300. The lowest BCUT2D eigenvalue weighted by Gasteiger charge is -2.05. The molecule has 84 valence electrons. The molecule has 0 unspecified atom stereocenters. The summed E-state index contributed by atoms with van der Waals surface area (Å²) in [4.78, 5) is 11.2. The van der Waals surface area contributed by atoms with Crippen molar-refractivity contribution in [3.63, 3.8) is 0 Å². The molecule has 0 atom stereocenters. The van der Waals surface area contributed by atoms with E-state index in [4.69, 9.17) is 0 Å². The third kappa shape index (κ3) is 2.28. The second-order valence-corrected chi connectivity index (χ2v) is 3.60. The molecule has 16 heavy (non-hydrogen) atoms. The second-order valence-electron chi connectivity index (χ2n) is 3.60. The number of nitrogens with zero attached hydrogens (tertiary/aromatic N) is 4. The van der Waals surface area contributed by atoms with Crippen LogP contribution in [0.3, 0.4) is 0 Å². The molecule has 0 aliphatic rings. The van der Waals surface area contributed by atoms with Gasteiger partial charge >= 0.3 is 0 Å². The molecule has 2 aromatic rings. The van der Waals surface area contributed by atoms with Crippen LogP contribution in [-0.2, 0) is 20.6 Å². The Morgan fingerprint density at radius 3 is 2.75 bits per heavy atom. The summed E-state index contributed by atoms with van der Waals surface area (Å²) in [6, 6.07) is 3.28. The highest BCUT2D eigenvalue weighted by atomic mass is 16.1. The molecule has 0 radical (unpaired) electrons. The second kappa shape index (κ2) is 4.18. The zero-order chi connectivity index (χ0) is 11.5. The summed E-state index contributed by atoms with van der Waals surface area (Å²) in [5, 5.41) is 11.0. The maximum Gasteiger partial charge on any atom is 0.250 e. The summed E-state index contributed by atoms with van der Waals surface area (Å²) in [5.41, 5.74) is 1.72. The van der Waals surface area contributed by atoms with Gasteiger partial charge in [0.15, 0.2) is 0 Å². The third-order valence-electron chi connectivity index (χ3n) is 2.21. The number of hydrogen-bond acceptors (Lipinski definition) is 4. The van der Waals surface area contributed by atoms with E-state index in [1.807, 2.05) is 13.2 Å². The molecule has 0 fully saturated rings. The predicted molar refractivity (Wildman–Crippen MR) is 60.0 cm³/mol. The van der Waals surface area contributed by atoms with Crippen molar-refractivity contribution < 1.29 is 0 Å². The van der Waals surface area contributed by atoms with Gasteiger partial charge in [0.05, 0.1) is 12.2 Å². The van der Waals surface area contributed by atoms with Crippen molar-refractivity contribution in [2.45, 2.75) is 6.54 Å². The first-order valence-electron chi connectivity index (χ1n) is 4.91. The van der Waals surface area contributed by atoms with Gasteiger partial charge in [0, 0.05) is 32.6 Å². The van der Waals surface area contributed by atoms with Crippen LogP contribution in [0.2, 0.25) is 0 Å². The molecular weight excluding hydrogens is 206 g/mol. The molecule has 0 aliphatic carbocycles. The number of nitrogens with one attached hydrogen (secondary N) is 1. The Balaban J connectivity index is 2.05. The first-order valence-corrected chi connectivity index (χ1v) is 4.91. The average molecular weight is 219 g/mol. The van der Waals surface area contributed by atoms with E-state index in [0.29, 0.717) is 6.54 Å².